The summed E-state index contributed by atoms with van der Waals surface area (Å²) >= 11 is 0. The van der Waals surface area contributed by atoms with Gasteiger partial charge in [0, 0.05) is 13.2 Å². The number of benzene rings is 1. The van der Waals surface area contributed by atoms with Crippen molar-refractivity contribution in [3.05, 3.63) is 35.1 Å². The summed E-state index contributed by atoms with van der Waals surface area (Å²) in [6, 6.07) is 4.45. The number of carbonyl (C=O) groups excluding carboxylic acids is 1. The molecule has 0 saturated carbocycles. The molecule has 0 aromatic heterocycles. The van der Waals surface area contributed by atoms with E-state index in [1.807, 2.05) is 20.8 Å². The van der Waals surface area contributed by atoms with Gasteiger partial charge in [0.15, 0.2) is 0 Å². The van der Waals surface area contributed by atoms with Crippen LogP contribution in [0.4, 0.5) is 4.39 Å². The van der Waals surface area contributed by atoms with Crippen molar-refractivity contribution < 1.29 is 23.4 Å². The molecule has 0 aliphatic carbocycles. The lowest BCUT2D eigenvalue weighted by Gasteiger charge is -2.23. The Morgan fingerprint density at radius 1 is 1.26 bits per heavy atom. The molecule has 0 unspecified atom stereocenters. The van der Waals surface area contributed by atoms with Crippen LogP contribution in [0.5, 0.6) is 0 Å². The van der Waals surface area contributed by atoms with Gasteiger partial charge in [-0.1, -0.05) is 6.07 Å². The van der Waals surface area contributed by atoms with Crippen molar-refractivity contribution in [2.45, 2.75) is 58.3 Å². The van der Waals surface area contributed by atoms with Gasteiger partial charge in [0.2, 0.25) is 0 Å². The Hall–Kier alpha value is -1.46. The van der Waals surface area contributed by atoms with Crippen LogP contribution in [-0.4, -0.2) is 30.9 Å². The zero-order valence-corrected chi connectivity index (χ0v) is 14.1. The van der Waals surface area contributed by atoms with Crippen LogP contribution in [0, 0.1) is 5.82 Å². The highest BCUT2D eigenvalue weighted by Gasteiger charge is 2.19. The molecule has 0 amide bonds. The zero-order chi connectivity index (χ0) is 16.9. The second kappa shape index (κ2) is 7.88. The van der Waals surface area contributed by atoms with Crippen LogP contribution < -0.4 is 0 Å². The Morgan fingerprint density at radius 3 is 2.61 bits per heavy atom. The molecule has 5 heteroatoms. The Labute approximate surface area is 136 Å². The van der Waals surface area contributed by atoms with Gasteiger partial charge >= 0.3 is 5.97 Å². The molecule has 1 aromatic carbocycles. The van der Waals surface area contributed by atoms with Gasteiger partial charge in [-0.2, -0.15) is 0 Å². The van der Waals surface area contributed by atoms with Crippen molar-refractivity contribution in [2.75, 3.05) is 13.2 Å². The Balaban J connectivity index is 2.00. The Bertz CT molecular complexity index is 530. The van der Waals surface area contributed by atoms with Crippen LogP contribution in [0.3, 0.4) is 0 Å². The minimum absolute atomic E-state index is 0.0432. The first-order chi connectivity index (χ1) is 10.8. The van der Waals surface area contributed by atoms with Crippen LogP contribution in [0.15, 0.2) is 18.2 Å². The maximum Gasteiger partial charge on any atom is 0.310 e. The third-order valence-corrected chi connectivity index (χ3v) is 3.57. The molecule has 23 heavy (non-hydrogen) atoms. The maximum absolute atomic E-state index is 13.5. The monoisotopic (exact) mass is 324 g/mol. The van der Waals surface area contributed by atoms with Gasteiger partial charge < -0.3 is 14.2 Å². The molecular weight excluding hydrogens is 299 g/mol. The molecule has 0 bridgehead atoms. The highest BCUT2D eigenvalue weighted by molar-refractivity contribution is 5.73. The average Bonchev–Trinajstić information content (AvgIpc) is 2.45. The quantitative estimate of drug-likeness (QED) is 0.779. The highest BCUT2D eigenvalue weighted by atomic mass is 19.1. The van der Waals surface area contributed by atoms with Gasteiger partial charge in [-0.05, 0) is 56.9 Å². The van der Waals surface area contributed by atoms with Crippen molar-refractivity contribution in [1.82, 2.24) is 0 Å². The first-order valence-electron chi connectivity index (χ1n) is 8.02. The molecule has 0 atom stereocenters. The van der Waals surface area contributed by atoms with Gasteiger partial charge in [0.05, 0.1) is 19.1 Å². The summed E-state index contributed by atoms with van der Waals surface area (Å²) in [6.45, 7) is 7.21. The van der Waals surface area contributed by atoms with Crippen LogP contribution in [-0.2, 0) is 32.0 Å². The number of carbonyl (C=O) groups is 1. The standard InChI is InChI=1S/C18H25FO4/c1-18(2,3)23-17(20)11-14-10-15(19)5-4-13(14)12-22-16-6-8-21-9-7-16/h4-5,10,16H,6-9,11-12H2,1-3H3. The van der Waals surface area contributed by atoms with Gasteiger partial charge in [0.25, 0.3) is 0 Å². The predicted octanol–water partition coefficient (Wildman–Crippen LogP) is 3.41. The van der Waals surface area contributed by atoms with E-state index in [-0.39, 0.29) is 24.3 Å². The third kappa shape index (κ3) is 6.28. The van der Waals surface area contributed by atoms with Crippen molar-refractivity contribution >= 4 is 5.97 Å². The van der Waals surface area contributed by atoms with Crippen molar-refractivity contribution in [2.24, 2.45) is 0 Å². The summed E-state index contributed by atoms with van der Waals surface area (Å²) in [5, 5.41) is 0. The average molecular weight is 324 g/mol. The molecule has 0 radical (unpaired) electrons. The fourth-order valence-electron chi connectivity index (χ4n) is 2.48. The van der Waals surface area contributed by atoms with E-state index in [0.717, 1.165) is 18.4 Å². The van der Waals surface area contributed by atoms with Gasteiger partial charge in [-0.25, -0.2) is 4.39 Å². The fourth-order valence-corrected chi connectivity index (χ4v) is 2.48. The molecular formula is C18H25FO4. The summed E-state index contributed by atoms with van der Waals surface area (Å²) in [5.74, 6) is -0.728. The number of ether oxygens (including phenoxy) is 3. The Morgan fingerprint density at radius 2 is 1.96 bits per heavy atom. The number of hydrogen-bond acceptors (Lipinski definition) is 4. The lowest BCUT2D eigenvalue weighted by Crippen LogP contribution is -2.25. The molecule has 0 N–H and O–H groups in total. The van der Waals surface area contributed by atoms with Gasteiger partial charge in [-0.3, -0.25) is 4.79 Å². The minimum atomic E-state index is -0.552. The van der Waals surface area contributed by atoms with E-state index in [2.05, 4.69) is 0 Å². The molecule has 1 fully saturated rings. The highest BCUT2D eigenvalue weighted by Crippen LogP contribution is 2.19. The fraction of sp³-hybridized carbons (Fsp3) is 0.611. The van der Waals surface area contributed by atoms with E-state index in [1.165, 1.54) is 12.1 Å². The summed E-state index contributed by atoms with van der Waals surface area (Å²) in [6.07, 6.45) is 1.93. The van der Waals surface area contributed by atoms with E-state index >= 15 is 0 Å². The molecule has 0 spiro atoms. The lowest BCUT2D eigenvalue weighted by molar-refractivity contribution is -0.153. The summed E-state index contributed by atoms with van der Waals surface area (Å²) in [7, 11) is 0. The topological polar surface area (TPSA) is 44.8 Å². The molecule has 1 aromatic rings. The van der Waals surface area contributed by atoms with Crippen LogP contribution in [0.2, 0.25) is 0 Å². The lowest BCUT2D eigenvalue weighted by atomic mass is 10.0. The van der Waals surface area contributed by atoms with E-state index in [9.17, 15) is 9.18 Å². The van der Waals surface area contributed by atoms with Crippen LogP contribution in [0.1, 0.15) is 44.7 Å². The van der Waals surface area contributed by atoms with Crippen molar-refractivity contribution in [1.29, 1.82) is 0 Å². The van der Waals surface area contributed by atoms with E-state index in [0.29, 0.717) is 25.4 Å². The minimum Gasteiger partial charge on any atom is -0.460 e. The van der Waals surface area contributed by atoms with E-state index in [4.69, 9.17) is 14.2 Å². The van der Waals surface area contributed by atoms with E-state index < -0.39 is 5.60 Å². The van der Waals surface area contributed by atoms with Crippen LogP contribution in [0.25, 0.3) is 0 Å². The number of esters is 1. The first-order valence-corrected chi connectivity index (χ1v) is 8.02. The molecule has 1 aliphatic heterocycles. The zero-order valence-electron chi connectivity index (χ0n) is 14.1. The smallest absolute Gasteiger partial charge is 0.310 e. The normalized spacial score (nSPS) is 16.3. The van der Waals surface area contributed by atoms with E-state index in [1.54, 1.807) is 6.07 Å². The first kappa shape index (κ1) is 17.9. The van der Waals surface area contributed by atoms with Crippen molar-refractivity contribution in [3.63, 3.8) is 0 Å². The number of halogens is 1. The molecule has 4 nitrogen and oxygen atoms in total. The molecule has 128 valence electrons. The largest absolute Gasteiger partial charge is 0.460 e. The molecule has 1 aliphatic rings. The number of hydrogen-bond donors (Lipinski definition) is 0. The maximum atomic E-state index is 13.5. The van der Waals surface area contributed by atoms with Gasteiger partial charge in [-0.15, -0.1) is 0 Å². The van der Waals surface area contributed by atoms with Gasteiger partial charge in [0.1, 0.15) is 11.4 Å². The number of rotatable bonds is 5. The Kier molecular flexibility index (Phi) is 6.13. The molecule has 1 saturated heterocycles. The predicted molar refractivity (Wildman–Crippen MR) is 84.6 cm³/mol. The molecule has 2 rings (SSSR count). The summed E-state index contributed by atoms with van der Waals surface area (Å²) in [5.41, 5.74) is 0.887. The molecule has 1 heterocycles. The SMILES string of the molecule is CC(C)(C)OC(=O)Cc1cc(F)ccc1COC1CCOCC1. The van der Waals surface area contributed by atoms with Crippen molar-refractivity contribution in [3.8, 4) is 0 Å². The second-order valence-corrected chi connectivity index (χ2v) is 6.80. The third-order valence-electron chi connectivity index (χ3n) is 3.57. The van der Waals surface area contributed by atoms with Crippen LogP contribution >= 0.6 is 0 Å². The summed E-state index contributed by atoms with van der Waals surface area (Å²) in [4.78, 5) is 12.0. The summed E-state index contributed by atoms with van der Waals surface area (Å²) < 4.78 is 30.0. The second-order valence-electron chi connectivity index (χ2n) is 6.80.